The predicted octanol–water partition coefficient (Wildman–Crippen LogP) is 3.25. The van der Waals surface area contributed by atoms with Gasteiger partial charge in [-0.1, -0.05) is 31.5 Å². The molecular weight excluding hydrogens is 213 g/mol. The highest BCUT2D eigenvalue weighted by atomic mass is 35.5. The first-order valence-electron chi connectivity index (χ1n) is 5.18. The normalized spacial score (nSPS) is 15.0. The van der Waals surface area contributed by atoms with Crippen LogP contribution in [-0.4, -0.2) is 6.54 Å². The summed E-state index contributed by atoms with van der Waals surface area (Å²) in [7, 11) is 0. The van der Waals surface area contributed by atoms with Crippen LogP contribution in [0.1, 0.15) is 19.4 Å². The molecule has 1 aromatic rings. The lowest BCUT2D eigenvalue weighted by molar-refractivity contribution is 0.394. The summed E-state index contributed by atoms with van der Waals surface area (Å²) < 4.78 is 12.9. The first-order chi connectivity index (χ1) is 7.04. The zero-order chi connectivity index (χ0) is 11.4. The minimum absolute atomic E-state index is 0.195. The molecule has 84 valence electrons. The van der Waals surface area contributed by atoms with Crippen molar-refractivity contribution in [3.63, 3.8) is 0 Å². The summed E-state index contributed by atoms with van der Waals surface area (Å²) in [6, 6.07) is 4.88. The van der Waals surface area contributed by atoms with Crippen molar-refractivity contribution in [3.05, 3.63) is 34.6 Å². The first kappa shape index (κ1) is 12.5. The van der Waals surface area contributed by atoms with Crippen molar-refractivity contribution in [1.82, 2.24) is 0 Å². The minimum atomic E-state index is -0.361. The molecule has 2 atom stereocenters. The maximum Gasteiger partial charge on any atom is 0.141 e. The second-order valence-corrected chi connectivity index (χ2v) is 4.55. The first-order valence-corrected chi connectivity index (χ1v) is 5.56. The number of halogens is 2. The van der Waals surface area contributed by atoms with E-state index in [0.29, 0.717) is 18.4 Å². The lowest BCUT2D eigenvalue weighted by Crippen LogP contribution is -2.20. The second-order valence-electron chi connectivity index (χ2n) is 4.14. The molecule has 0 spiro atoms. The van der Waals surface area contributed by atoms with Gasteiger partial charge >= 0.3 is 0 Å². The highest BCUT2D eigenvalue weighted by Gasteiger charge is 2.11. The molecule has 15 heavy (non-hydrogen) atoms. The van der Waals surface area contributed by atoms with E-state index in [1.54, 1.807) is 12.1 Å². The zero-order valence-electron chi connectivity index (χ0n) is 9.13. The summed E-state index contributed by atoms with van der Waals surface area (Å²) >= 11 is 5.71. The fourth-order valence-corrected chi connectivity index (χ4v) is 1.68. The highest BCUT2D eigenvalue weighted by molar-refractivity contribution is 6.30. The van der Waals surface area contributed by atoms with Crippen molar-refractivity contribution in [1.29, 1.82) is 0 Å². The monoisotopic (exact) mass is 229 g/mol. The Bertz CT molecular complexity index is 327. The number of rotatable bonds is 4. The van der Waals surface area contributed by atoms with E-state index in [-0.39, 0.29) is 10.8 Å². The molecule has 0 aliphatic carbocycles. The Labute approximate surface area is 95.4 Å². The van der Waals surface area contributed by atoms with Crippen LogP contribution in [0.3, 0.4) is 0 Å². The van der Waals surface area contributed by atoms with Crippen LogP contribution in [0.4, 0.5) is 4.39 Å². The third kappa shape index (κ3) is 3.47. The number of hydrogen-bond donors (Lipinski definition) is 1. The van der Waals surface area contributed by atoms with Gasteiger partial charge in [0.15, 0.2) is 0 Å². The van der Waals surface area contributed by atoms with Crippen LogP contribution < -0.4 is 5.73 Å². The van der Waals surface area contributed by atoms with Gasteiger partial charge in [0.1, 0.15) is 5.82 Å². The molecule has 0 amide bonds. The van der Waals surface area contributed by atoms with E-state index in [4.69, 9.17) is 17.3 Å². The smallest absolute Gasteiger partial charge is 0.141 e. The molecule has 2 unspecified atom stereocenters. The van der Waals surface area contributed by atoms with Crippen LogP contribution in [0.25, 0.3) is 0 Å². The quantitative estimate of drug-likeness (QED) is 0.843. The average molecular weight is 230 g/mol. The van der Waals surface area contributed by atoms with Gasteiger partial charge in [-0.25, -0.2) is 4.39 Å². The largest absolute Gasteiger partial charge is 0.330 e. The van der Waals surface area contributed by atoms with Crippen LogP contribution in [-0.2, 0) is 6.42 Å². The van der Waals surface area contributed by atoms with Gasteiger partial charge in [-0.3, -0.25) is 0 Å². The molecule has 0 fully saturated rings. The summed E-state index contributed by atoms with van der Waals surface area (Å²) in [4.78, 5) is 0. The van der Waals surface area contributed by atoms with Crippen LogP contribution in [0.15, 0.2) is 18.2 Å². The molecule has 3 heteroatoms. The van der Waals surface area contributed by atoms with Gasteiger partial charge in [0.05, 0.1) is 5.02 Å². The van der Waals surface area contributed by atoms with Crippen molar-refractivity contribution in [2.45, 2.75) is 20.3 Å². The van der Waals surface area contributed by atoms with Gasteiger partial charge in [0.2, 0.25) is 0 Å². The molecule has 0 saturated carbocycles. The molecule has 1 rings (SSSR count). The molecule has 1 aromatic carbocycles. The van der Waals surface area contributed by atoms with Crippen LogP contribution in [0.2, 0.25) is 5.02 Å². The predicted molar refractivity (Wildman–Crippen MR) is 62.5 cm³/mol. The van der Waals surface area contributed by atoms with Crippen LogP contribution in [0, 0.1) is 17.7 Å². The summed E-state index contributed by atoms with van der Waals surface area (Å²) in [5, 5.41) is 0.195. The fourth-order valence-electron chi connectivity index (χ4n) is 1.47. The molecule has 0 radical (unpaired) electrons. The molecule has 0 aliphatic heterocycles. The van der Waals surface area contributed by atoms with Crippen molar-refractivity contribution in [2.75, 3.05) is 6.54 Å². The van der Waals surface area contributed by atoms with E-state index in [1.165, 1.54) is 6.07 Å². The number of benzene rings is 1. The fraction of sp³-hybridized carbons (Fsp3) is 0.500. The third-order valence-corrected chi connectivity index (χ3v) is 3.17. The molecule has 1 nitrogen and oxygen atoms in total. The minimum Gasteiger partial charge on any atom is -0.330 e. The lowest BCUT2D eigenvalue weighted by Gasteiger charge is -2.18. The van der Waals surface area contributed by atoms with E-state index in [2.05, 4.69) is 13.8 Å². The summed E-state index contributed by atoms with van der Waals surface area (Å²) in [5.74, 6) is 0.588. The van der Waals surface area contributed by atoms with E-state index in [0.717, 1.165) is 12.0 Å². The average Bonchev–Trinajstić information content (AvgIpc) is 2.22. The number of nitrogens with two attached hydrogens (primary N) is 1. The molecule has 0 heterocycles. The van der Waals surface area contributed by atoms with Crippen molar-refractivity contribution in [3.8, 4) is 0 Å². The van der Waals surface area contributed by atoms with Crippen molar-refractivity contribution >= 4 is 11.6 Å². The molecule has 2 N–H and O–H groups in total. The van der Waals surface area contributed by atoms with Gasteiger partial charge in [0.25, 0.3) is 0 Å². The SMILES string of the molecule is CC(CN)C(C)Cc1ccc(F)c(Cl)c1. The summed E-state index contributed by atoms with van der Waals surface area (Å²) in [5.41, 5.74) is 6.66. The number of hydrogen-bond acceptors (Lipinski definition) is 1. The van der Waals surface area contributed by atoms with Gasteiger partial charge in [-0.05, 0) is 42.5 Å². The Hall–Kier alpha value is -0.600. The maximum absolute atomic E-state index is 12.9. The Morgan fingerprint density at radius 2 is 2.00 bits per heavy atom. The Morgan fingerprint density at radius 3 is 2.53 bits per heavy atom. The van der Waals surface area contributed by atoms with Crippen LogP contribution in [0.5, 0.6) is 0 Å². The summed E-state index contributed by atoms with van der Waals surface area (Å²) in [6.07, 6.45) is 0.887. The van der Waals surface area contributed by atoms with E-state index < -0.39 is 0 Å². The second kappa shape index (κ2) is 5.47. The third-order valence-electron chi connectivity index (χ3n) is 2.88. The molecule has 0 aliphatic rings. The molecule has 0 bridgehead atoms. The van der Waals surface area contributed by atoms with Gasteiger partial charge < -0.3 is 5.73 Å². The van der Waals surface area contributed by atoms with Gasteiger partial charge in [0, 0.05) is 0 Å². The van der Waals surface area contributed by atoms with E-state index >= 15 is 0 Å². The van der Waals surface area contributed by atoms with Gasteiger partial charge in [-0.15, -0.1) is 0 Å². The molecule has 0 aromatic heterocycles. The lowest BCUT2D eigenvalue weighted by atomic mass is 9.90. The van der Waals surface area contributed by atoms with Crippen molar-refractivity contribution in [2.24, 2.45) is 17.6 Å². The van der Waals surface area contributed by atoms with E-state index in [1.807, 2.05) is 0 Å². The Morgan fingerprint density at radius 1 is 1.33 bits per heavy atom. The van der Waals surface area contributed by atoms with E-state index in [9.17, 15) is 4.39 Å². The van der Waals surface area contributed by atoms with Crippen molar-refractivity contribution < 1.29 is 4.39 Å². The van der Waals surface area contributed by atoms with Crippen LogP contribution >= 0.6 is 11.6 Å². The Balaban J connectivity index is 2.68. The molecule has 0 saturated heterocycles. The molecular formula is C12H17ClFN. The zero-order valence-corrected chi connectivity index (χ0v) is 9.89. The van der Waals surface area contributed by atoms with Gasteiger partial charge in [-0.2, -0.15) is 0 Å². The highest BCUT2D eigenvalue weighted by Crippen LogP contribution is 2.21. The topological polar surface area (TPSA) is 26.0 Å². The summed E-state index contributed by atoms with van der Waals surface area (Å²) in [6.45, 7) is 4.95. The standard InChI is InChI=1S/C12H17ClFN/c1-8(9(2)7-15)5-10-3-4-12(14)11(13)6-10/h3-4,6,8-9H,5,7,15H2,1-2H3. The maximum atomic E-state index is 12.9. The Kier molecular flexibility index (Phi) is 4.55.